The van der Waals surface area contributed by atoms with Gasteiger partial charge in [0.05, 0.1) is 4.90 Å². The molecule has 0 aliphatic carbocycles. The Kier molecular flexibility index (Phi) is 4.24. The van der Waals surface area contributed by atoms with Crippen LogP contribution in [0.1, 0.15) is 25.0 Å². The molecular formula is C11H16N2O2S2. The highest BCUT2D eigenvalue weighted by Crippen LogP contribution is 2.17. The van der Waals surface area contributed by atoms with E-state index in [2.05, 4.69) is 4.72 Å². The monoisotopic (exact) mass is 272 g/mol. The predicted octanol–water partition coefficient (Wildman–Crippen LogP) is 1.32. The van der Waals surface area contributed by atoms with E-state index >= 15 is 0 Å². The average molecular weight is 272 g/mol. The van der Waals surface area contributed by atoms with Crippen LogP contribution in [0.25, 0.3) is 0 Å². The Morgan fingerprint density at radius 3 is 2.41 bits per heavy atom. The highest BCUT2D eigenvalue weighted by molar-refractivity contribution is 7.89. The van der Waals surface area contributed by atoms with E-state index in [1.54, 1.807) is 32.9 Å². The smallest absolute Gasteiger partial charge is 0.241 e. The molecule has 0 bridgehead atoms. The van der Waals surface area contributed by atoms with Crippen molar-refractivity contribution in [2.45, 2.75) is 31.7 Å². The summed E-state index contributed by atoms with van der Waals surface area (Å²) < 4.78 is 26.5. The van der Waals surface area contributed by atoms with E-state index in [4.69, 9.17) is 18.0 Å². The maximum atomic E-state index is 12.0. The normalized spacial score (nSPS) is 11.8. The summed E-state index contributed by atoms with van der Waals surface area (Å²) in [5, 5.41) is 0. The second kappa shape index (κ2) is 5.12. The summed E-state index contributed by atoms with van der Waals surface area (Å²) in [4.78, 5) is 0.514. The van der Waals surface area contributed by atoms with Gasteiger partial charge in [-0.15, -0.1) is 0 Å². The van der Waals surface area contributed by atoms with E-state index in [0.29, 0.717) is 11.1 Å². The van der Waals surface area contributed by atoms with Crippen LogP contribution in [0.5, 0.6) is 0 Å². The molecule has 0 saturated heterocycles. The highest BCUT2D eigenvalue weighted by atomic mass is 32.2. The van der Waals surface area contributed by atoms with Crippen LogP contribution in [0.15, 0.2) is 23.1 Å². The van der Waals surface area contributed by atoms with Gasteiger partial charge in [0.2, 0.25) is 10.0 Å². The average Bonchev–Trinajstić information content (AvgIpc) is 2.14. The number of hydrogen-bond donors (Lipinski definition) is 2. The lowest BCUT2D eigenvalue weighted by molar-refractivity contribution is 0.569. The summed E-state index contributed by atoms with van der Waals surface area (Å²) in [7, 11) is -3.47. The van der Waals surface area contributed by atoms with Crippen molar-refractivity contribution in [2.24, 2.45) is 5.73 Å². The SMILES string of the molecule is Cc1cc(C(N)=S)ccc1S(=O)(=O)NC(C)C. The van der Waals surface area contributed by atoms with Gasteiger partial charge in [-0.1, -0.05) is 18.3 Å². The van der Waals surface area contributed by atoms with Crippen LogP contribution in [0, 0.1) is 6.92 Å². The molecule has 17 heavy (non-hydrogen) atoms. The molecule has 0 radical (unpaired) electrons. The zero-order valence-electron chi connectivity index (χ0n) is 10.0. The Morgan fingerprint density at radius 1 is 1.41 bits per heavy atom. The quantitative estimate of drug-likeness (QED) is 0.811. The Bertz CT molecular complexity index is 536. The molecule has 0 aliphatic heterocycles. The molecule has 94 valence electrons. The first-order chi connectivity index (χ1) is 7.74. The summed E-state index contributed by atoms with van der Waals surface area (Å²) in [5.74, 6) is 0. The fourth-order valence-corrected chi connectivity index (χ4v) is 3.08. The lowest BCUT2D eigenvalue weighted by Crippen LogP contribution is -2.30. The minimum atomic E-state index is -3.47. The van der Waals surface area contributed by atoms with Crippen LogP contribution < -0.4 is 10.5 Å². The molecule has 3 N–H and O–H groups in total. The number of rotatable bonds is 4. The molecule has 1 aromatic carbocycles. The zero-order chi connectivity index (χ0) is 13.2. The summed E-state index contributed by atoms with van der Waals surface area (Å²) in [6, 6.07) is 4.67. The maximum Gasteiger partial charge on any atom is 0.241 e. The van der Waals surface area contributed by atoms with Gasteiger partial charge in [0.1, 0.15) is 4.99 Å². The minimum absolute atomic E-state index is 0.144. The molecule has 0 aliphatic rings. The van der Waals surface area contributed by atoms with Crippen LogP contribution in [-0.2, 0) is 10.0 Å². The Morgan fingerprint density at radius 2 is 2.00 bits per heavy atom. The number of sulfonamides is 1. The van der Waals surface area contributed by atoms with Gasteiger partial charge >= 0.3 is 0 Å². The van der Waals surface area contributed by atoms with Gasteiger partial charge < -0.3 is 5.73 Å². The first kappa shape index (κ1) is 14.1. The molecule has 0 spiro atoms. The number of nitrogens with two attached hydrogens (primary N) is 1. The summed E-state index contributed by atoms with van der Waals surface area (Å²) in [6.07, 6.45) is 0. The Hall–Kier alpha value is -0.980. The third-order valence-corrected chi connectivity index (χ3v) is 4.19. The lowest BCUT2D eigenvalue weighted by atomic mass is 10.1. The highest BCUT2D eigenvalue weighted by Gasteiger charge is 2.18. The van der Waals surface area contributed by atoms with Crippen LogP contribution in [0.4, 0.5) is 0 Å². The van der Waals surface area contributed by atoms with E-state index in [1.807, 2.05) is 0 Å². The number of benzene rings is 1. The van der Waals surface area contributed by atoms with E-state index in [9.17, 15) is 8.42 Å². The topological polar surface area (TPSA) is 72.2 Å². The minimum Gasteiger partial charge on any atom is -0.389 e. The van der Waals surface area contributed by atoms with E-state index in [-0.39, 0.29) is 15.9 Å². The molecule has 1 aromatic rings. The van der Waals surface area contributed by atoms with Crippen LogP contribution in [-0.4, -0.2) is 19.4 Å². The molecule has 0 fully saturated rings. The van der Waals surface area contributed by atoms with Crippen LogP contribution in [0.2, 0.25) is 0 Å². The van der Waals surface area contributed by atoms with Gasteiger partial charge in [-0.3, -0.25) is 0 Å². The van der Waals surface area contributed by atoms with Crippen LogP contribution >= 0.6 is 12.2 Å². The van der Waals surface area contributed by atoms with Gasteiger partial charge in [-0.25, -0.2) is 13.1 Å². The van der Waals surface area contributed by atoms with E-state index in [0.717, 1.165) is 0 Å². The van der Waals surface area contributed by atoms with Crippen molar-refractivity contribution in [3.63, 3.8) is 0 Å². The molecule has 0 amide bonds. The second-order valence-electron chi connectivity index (χ2n) is 4.12. The summed E-state index contributed by atoms with van der Waals surface area (Å²) in [5.41, 5.74) is 6.78. The first-order valence-electron chi connectivity index (χ1n) is 5.17. The van der Waals surface area contributed by atoms with Crippen molar-refractivity contribution >= 4 is 27.2 Å². The number of thiocarbonyl (C=S) groups is 1. The molecule has 0 unspecified atom stereocenters. The number of hydrogen-bond acceptors (Lipinski definition) is 3. The fraction of sp³-hybridized carbons (Fsp3) is 0.364. The number of aryl methyl sites for hydroxylation is 1. The number of nitrogens with one attached hydrogen (secondary N) is 1. The molecule has 6 heteroatoms. The zero-order valence-corrected chi connectivity index (χ0v) is 11.7. The van der Waals surface area contributed by atoms with Crippen molar-refractivity contribution in [1.82, 2.24) is 4.72 Å². The molecule has 0 atom stereocenters. The molecular weight excluding hydrogens is 256 g/mol. The van der Waals surface area contributed by atoms with Crippen LogP contribution in [0.3, 0.4) is 0 Å². The van der Waals surface area contributed by atoms with Crippen molar-refractivity contribution in [3.05, 3.63) is 29.3 Å². The van der Waals surface area contributed by atoms with E-state index in [1.165, 1.54) is 6.07 Å². The lowest BCUT2D eigenvalue weighted by Gasteiger charge is -2.12. The first-order valence-corrected chi connectivity index (χ1v) is 7.06. The maximum absolute atomic E-state index is 12.0. The largest absolute Gasteiger partial charge is 0.389 e. The molecule has 4 nitrogen and oxygen atoms in total. The third kappa shape index (κ3) is 3.49. The van der Waals surface area contributed by atoms with Gasteiger partial charge in [0.15, 0.2) is 0 Å². The van der Waals surface area contributed by atoms with Gasteiger partial charge in [0.25, 0.3) is 0 Å². The Balaban J connectivity index is 3.21. The van der Waals surface area contributed by atoms with Gasteiger partial charge in [0, 0.05) is 11.6 Å². The molecule has 0 heterocycles. The fourth-order valence-electron chi connectivity index (χ4n) is 1.48. The summed E-state index contributed by atoms with van der Waals surface area (Å²) >= 11 is 4.84. The second-order valence-corrected chi connectivity index (χ2v) is 6.24. The van der Waals surface area contributed by atoms with Crippen molar-refractivity contribution in [3.8, 4) is 0 Å². The summed E-state index contributed by atoms with van der Waals surface area (Å²) in [6.45, 7) is 5.27. The molecule has 1 rings (SSSR count). The van der Waals surface area contributed by atoms with Crippen molar-refractivity contribution in [2.75, 3.05) is 0 Å². The predicted molar refractivity (Wildman–Crippen MR) is 72.5 cm³/mol. The van der Waals surface area contributed by atoms with Crippen molar-refractivity contribution in [1.29, 1.82) is 0 Å². The van der Waals surface area contributed by atoms with E-state index < -0.39 is 10.0 Å². The van der Waals surface area contributed by atoms with Crippen molar-refractivity contribution < 1.29 is 8.42 Å². The molecule has 0 aromatic heterocycles. The Labute approximate surface area is 107 Å². The third-order valence-electron chi connectivity index (χ3n) is 2.14. The van der Waals surface area contributed by atoms with Gasteiger partial charge in [-0.2, -0.15) is 0 Å². The molecule has 0 saturated carbocycles. The van der Waals surface area contributed by atoms with Gasteiger partial charge in [-0.05, 0) is 38.5 Å². The standard InChI is InChI=1S/C11H16N2O2S2/c1-7(2)13-17(14,15)10-5-4-9(11(12)16)6-8(10)3/h4-7,13H,1-3H3,(H2,12,16).